The molecule has 17 heavy (non-hydrogen) atoms. The topological polar surface area (TPSA) is 87.6 Å². The van der Waals surface area contributed by atoms with Gasteiger partial charge >= 0.3 is 0 Å². The second-order valence-corrected chi connectivity index (χ2v) is 3.38. The number of hydrogen-bond donors (Lipinski definition) is 1. The first kappa shape index (κ1) is 11.0. The van der Waals surface area contributed by atoms with Crippen molar-refractivity contribution in [2.24, 2.45) is 5.73 Å². The molecule has 0 atom stereocenters. The highest BCUT2D eigenvalue weighted by Crippen LogP contribution is 2.35. The fourth-order valence-corrected chi connectivity index (χ4v) is 1.56. The predicted octanol–water partition coefficient (Wildman–Crippen LogP) is 1.51. The van der Waals surface area contributed by atoms with Gasteiger partial charge in [0.25, 0.3) is 0 Å². The van der Waals surface area contributed by atoms with E-state index in [-0.39, 0.29) is 5.88 Å². The maximum absolute atomic E-state index is 10.5. The number of methoxy groups -OCH3 is 1. The molecule has 0 saturated heterocycles. The standard InChI is InChI=1S/C11H10N2O4/c1-16-8-2-3-10-9(5-8)7(6-13(14)15)4-11(12)17-10/h2-6H,12H2,1H3/b7-6+. The van der Waals surface area contributed by atoms with Crippen LogP contribution in [0.5, 0.6) is 11.5 Å². The molecule has 6 nitrogen and oxygen atoms in total. The summed E-state index contributed by atoms with van der Waals surface area (Å²) >= 11 is 0. The van der Waals surface area contributed by atoms with Crippen molar-refractivity contribution >= 4 is 5.57 Å². The molecule has 1 aromatic carbocycles. The smallest absolute Gasteiger partial charge is 0.242 e. The molecule has 6 heteroatoms. The molecular formula is C11H10N2O4. The Balaban J connectivity index is 2.55. The summed E-state index contributed by atoms with van der Waals surface area (Å²) in [6.45, 7) is 0. The lowest BCUT2D eigenvalue weighted by atomic mass is 10.0. The number of nitrogens with zero attached hydrogens (tertiary/aromatic N) is 1. The normalized spacial score (nSPS) is 15.8. The summed E-state index contributed by atoms with van der Waals surface area (Å²) in [7, 11) is 1.52. The Morgan fingerprint density at radius 3 is 2.94 bits per heavy atom. The van der Waals surface area contributed by atoms with Crippen molar-refractivity contribution in [1.29, 1.82) is 0 Å². The van der Waals surface area contributed by atoms with Crippen LogP contribution < -0.4 is 15.2 Å². The van der Waals surface area contributed by atoms with E-state index in [9.17, 15) is 10.1 Å². The first-order valence-corrected chi connectivity index (χ1v) is 4.79. The number of rotatable bonds is 2. The Kier molecular flexibility index (Phi) is 2.70. The number of allylic oxidation sites excluding steroid dienone is 2. The van der Waals surface area contributed by atoms with E-state index in [1.54, 1.807) is 18.2 Å². The molecule has 0 aromatic heterocycles. The molecule has 1 aliphatic rings. The van der Waals surface area contributed by atoms with Crippen LogP contribution in [0.25, 0.3) is 5.57 Å². The van der Waals surface area contributed by atoms with E-state index in [2.05, 4.69) is 0 Å². The molecule has 88 valence electrons. The minimum Gasteiger partial charge on any atom is -0.497 e. The molecule has 0 bridgehead atoms. The molecule has 1 heterocycles. The van der Waals surface area contributed by atoms with Gasteiger partial charge < -0.3 is 15.2 Å². The number of benzene rings is 1. The highest BCUT2D eigenvalue weighted by atomic mass is 16.6. The molecular weight excluding hydrogens is 224 g/mol. The zero-order valence-electron chi connectivity index (χ0n) is 9.04. The number of fused-ring (bicyclic) bond motifs is 1. The second kappa shape index (κ2) is 4.17. The van der Waals surface area contributed by atoms with E-state index in [4.69, 9.17) is 15.2 Å². The summed E-state index contributed by atoms with van der Waals surface area (Å²) in [4.78, 5) is 9.99. The van der Waals surface area contributed by atoms with E-state index < -0.39 is 4.92 Å². The Morgan fingerprint density at radius 1 is 1.53 bits per heavy atom. The SMILES string of the molecule is COc1ccc2c(c1)/C(=C/[N+](=O)[O-])C=C(N)O2. The maximum Gasteiger partial charge on any atom is 0.242 e. The van der Waals surface area contributed by atoms with Crippen molar-refractivity contribution in [3.8, 4) is 11.5 Å². The average Bonchev–Trinajstić information content (AvgIpc) is 2.27. The molecule has 2 N–H and O–H groups in total. The Hall–Kier alpha value is -2.50. The van der Waals surface area contributed by atoms with Crippen molar-refractivity contribution in [3.63, 3.8) is 0 Å². The van der Waals surface area contributed by atoms with Crippen LogP contribution >= 0.6 is 0 Å². The minimum absolute atomic E-state index is 0.121. The zero-order valence-corrected chi connectivity index (χ0v) is 9.04. The van der Waals surface area contributed by atoms with Crippen molar-refractivity contribution in [2.45, 2.75) is 0 Å². The van der Waals surface area contributed by atoms with Crippen LogP contribution in [0.15, 0.2) is 36.4 Å². The number of nitro groups is 1. The van der Waals surface area contributed by atoms with Gasteiger partial charge in [0.05, 0.1) is 17.6 Å². The van der Waals surface area contributed by atoms with Gasteiger partial charge in [-0.05, 0) is 18.2 Å². The average molecular weight is 234 g/mol. The molecule has 0 amide bonds. The first-order valence-electron chi connectivity index (χ1n) is 4.79. The number of hydrogen-bond acceptors (Lipinski definition) is 5. The van der Waals surface area contributed by atoms with E-state index >= 15 is 0 Å². The van der Waals surface area contributed by atoms with Crippen molar-refractivity contribution in [3.05, 3.63) is 52.0 Å². The highest BCUT2D eigenvalue weighted by Gasteiger charge is 2.18. The molecule has 0 spiro atoms. The fourth-order valence-electron chi connectivity index (χ4n) is 1.56. The first-order chi connectivity index (χ1) is 8.10. The molecule has 0 unspecified atom stereocenters. The van der Waals surface area contributed by atoms with Gasteiger partial charge in [-0.1, -0.05) is 0 Å². The summed E-state index contributed by atoms with van der Waals surface area (Å²) in [5.74, 6) is 1.19. The van der Waals surface area contributed by atoms with Crippen LogP contribution in [0, 0.1) is 10.1 Å². The highest BCUT2D eigenvalue weighted by molar-refractivity contribution is 5.79. The number of ether oxygens (including phenoxy) is 2. The van der Waals surface area contributed by atoms with Gasteiger partial charge in [0.1, 0.15) is 11.5 Å². The van der Waals surface area contributed by atoms with Crippen LogP contribution in [0.2, 0.25) is 0 Å². The molecule has 0 saturated carbocycles. The molecule has 0 radical (unpaired) electrons. The second-order valence-electron chi connectivity index (χ2n) is 3.38. The third kappa shape index (κ3) is 2.20. The molecule has 0 aliphatic carbocycles. The Morgan fingerprint density at radius 2 is 2.29 bits per heavy atom. The van der Waals surface area contributed by atoms with Crippen molar-refractivity contribution in [1.82, 2.24) is 0 Å². The van der Waals surface area contributed by atoms with E-state index in [0.29, 0.717) is 22.6 Å². The zero-order chi connectivity index (χ0) is 12.4. The molecule has 2 rings (SSSR count). The van der Waals surface area contributed by atoms with Gasteiger partial charge in [-0.15, -0.1) is 0 Å². The van der Waals surface area contributed by atoms with E-state index in [0.717, 1.165) is 6.20 Å². The van der Waals surface area contributed by atoms with Gasteiger partial charge in [-0.25, -0.2) is 0 Å². The van der Waals surface area contributed by atoms with Crippen LogP contribution in [-0.2, 0) is 0 Å². The third-order valence-corrected chi connectivity index (χ3v) is 2.27. The van der Waals surface area contributed by atoms with Crippen LogP contribution in [-0.4, -0.2) is 12.0 Å². The lowest BCUT2D eigenvalue weighted by Crippen LogP contribution is -2.11. The van der Waals surface area contributed by atoms with Gasteiger partial charge in [0.15, 0.2) is 5.88 Å². The van der Waals surface area contributed by atoms with E-state index in [1.807, 2.05) is 0 Å². The number of nitrogens with two attached hydrogens (primary N) is 1. The summed E-state index contributed by atoms with van der Waals surface area (Å²) in [6.07, 6.45) is 2.29. The van der Waals surface area contributed by atoms with Gasteiger partial charge in [0, 0.05) is 11.6 Å². The van der Waals surface area contributed by atoms with E-state index in [1.165, 1.54) is 13.2 Å². The Labute approximate surface area is 97.1 Å². The minimum atomic E-state index is -0.534. The lowest BCUT2D eigenvalue weighted by Gasteiger charge is -2.17. The summed E-state index contributed by atoms with van der Waals surface area (Å²) in [5, 5.41) is 10.5. The predicted molar refractivity (Wildman–Crippen MR) is 60.9 cm³/mol. The van der Waals surface area contributed by atoms with Crippen molar-refractivity contribution in [2.75, 3.05) is 7.11 Å². The van der Waals surface area contributed by atoms with Crippen LogP contribution in [0.3, 0.4) is 0 Å². The van der Waals surface area contributed by atoms with Gasteiger partial charge in [0.2, 0.25) is 6.20 Å². The lowest BCUT2D eigenvalue weighted by molar-refractivity contribution is -0.401. The quantitative estimate of drug-likeness (QED) is 0.618. The molecule has 0 fully saturated rings. The Bertz CT molecular complexity index is 534. The largest absolute Gasteiger partial charge is 0.497 e. The molecule has 1 aromatic rings. The summed E-state index contributed by atoms with van der Waals surface area (Å²) < 4.78 is 10.3. The maximum atomic E-state index is 10.5. The third-order valence-electron chi connectivity index (χ3n) is 2.27. The van der Waals surface area contributed by atoms with Crippen LogP contribution in [0.4, 0.5) is 0 Å². The van der Waals surface area contributed by atoms with Gasteiger partial charge in [-0.2, -0.15) is 0 Å². The summed E-state index contributed by atoms with van der Waals surface area (Å²) in [5.41, 5.74) is 6.49. The summed E-state index contributed by atoms with van der Waals surface area (Å²) in [6, 6.07) is 5.01. The van der Waals surface area contributed by atoms with Crippen LogP contribution in [0.1, 0.15) is 5.56 Å². The fraction of sp³-hybridized carbons (Fsp3) is 0.0909. The molecule has 1 aliphatic heterocycles. The van der Waals surface area contributed by atoms with Crippen molar-refractivity contribution < 1.29 is 14.4 Å². The van der Waals surface area contributed by atoms with Gasteiger partial charge in [-0.3, -0.25) is 10.1 Å². The monoisotopic (exact) mass is 234 g/mol.